The van der Waals surface area contributed by atoms with Gasteiger partial charge >= 0.3 is 0 Å². The smallest absolute Gasteiger partial charge is 0.285 e. The topological polar surface area (TPSA) is 115 Å². The van der Waals surface area contributed by atoms with Crippen LogP contribution in [0.25, 0.3) is 10.9 Å². The summed E-state index contributed by atoms with van der Waals surface area (Å²) in [6.07, 6.45) is 5.06. The molecule has 1 amide bonds. The molecule has 11 heteroatoms. The first kappa shape index (κ1) is 22.8. The lowest BCUT2D eigenvalue weighted by molar-refractivity contribution is -0.116. The van der Waals surface area contributed by atoms with E-state index in [4.69, 9.17) is 23.8 Å². The summed E-state index contributed by atoms with van der Waals surface area (Å²) in [6.45, 7) is -0.625. The van der Waals surface area contributed by atoms with E-state index in [1.54, 1.807) is 36.4 Å². The number of rotatable bonds is 6. The normalized spacial score (nSPS) is 14.1. The number of halogens is 1. The van der Waals surface area contributed by atoms with Crippen molar-refractivity contribution < 1.29 is 18.3 Å². The molecule has 0 unspecified atom stereocenters. The Balaban J connectivity index is 1.67. The molecule has 2 aromatic carbocycles. The minimum atomic E-state index is -4.17. The molecule has 33 heavy (non-hydrogen) atoms. The van der Waals surface area contributed by atoms with E-state index in [0.29, 0.717) is 22.3 Å². The molecule has 1 aliphatic carbocycles. The lowest BCUT2D eigenvalue weighted by Crippen LogP contribution is -2.37. The zero-order chi connectivity index (χ0) is 23.6. The molecular weight excluding hydrogens is 484 g/mol. The molecule has 0 aliphatic heterocycles. The molecule has 0 fully saturated rings. The molecular formula is C22H17ClN4O4S2. The second-order valence-electron chi connectivity index (χ2n) is 7.04. The first-order valence-electron chi connectivity index (χ1n) is 9.70. The minimum Gasteiger partial charge on any atom is -0.493 e. The molecule has 2 N–H and O–H groups in total. The Morgan fingerprint density at radius 2 is 1.91 bits per heavy atom. The van der Waals surface area contributed by atoms with Crippen LogP contribution in [0.15, 0.2) is 81.9 Å². The number of thiocarbonyl (C=S) groups is 1. The summed E-state index contributed by atoms with van der Waals surface area (Å²) in [5.41, 5.74) is 0.921. The Hall–Kier alpha value is -3.34. The fraction of sp³-hybridized carbons (Fsp3) is 0.0909. The van der Waals surface area contributed by atoms with Crippen molar-refractivity contribution in [1.82, 2.24) is 4.98 Å². The summed E-state index contributed by atoms with van der Waals surface area (Å²) in [7, 11) is -4.17. The van der Waals surface area contributed by atoms with Crippen molar-refractivity contribution in [3.8, 4) is 5.88 Å². The molecule has 1 aliphatic rings. The molecule has 4 rings (SSSR count). The zero-order valence-corrected chi connectivity index (χ0v) is 19.4. The van der Waals surface area contributed by atoms with Gasteiger partial charge in [-0.05, 0) is 36.4 Å². The molecule has 0 atom stereocenters. The Labute approximate surface area is 199 Å². The molecule has 0 radical (unpaired) electrons. The number of nitrogens with zero attached hydrogens (tertiary/aromatic N) is 3. The van der Waals surface area contributed by atoms with E-state index >= 15 is 0 Å². The molecule has 0 bridgehead atoms. The van der Waals surface area contributed by atoms with E-state index < -0.39 is 22.5 Å². The fourth-order valence-corrected chi connectivity index (χ4v) is 5.41. The first-order valence-corrected chi connectivity index (χ1v) is 11.9. The van der Waals surface area contributed by atoms with Crippen molar-refractivity contribution in [1.29, 1.82) is 0 Å². The molecule has 8 nitrogen and oxygen atoms in total. The average molecular weight is 501 g/mol. The van der Waals surface area contributed by atoms with Gasteiger partial charge in [0, 0.05) is 21.7 Å². The molecule has 3 aromatic rings. The van der Waals surface area contributed by atoms with E-state index in [1.165, 1.54) is 30.3 Å². The van der Waals surface area contributed by atoms with Crippen LogP contribution in [0.2, 0.25) is 5.02 Å². The molecule has 168 valence electrons. The fourth-order valence-electron chi connectivity index (χ4n) is 3.27. The highest BCUT2D eigenvalue weighted by Crippen LogP contribution is 2.35. The Bertz CT molecular complexity index is 1440. The van der Waals surface area contributed by atoms with Gasteiger partial charge in [-0.25, -0.2) is 8.42 Å². The molecule has 1 heterocycles. The van der Waals surface area contributed by atoms with Crippen LogP contribution in [0.3, 0.4) is 0 Å². The third-order valence-corrected chi connectivity index (χ3v) is 7.47. The van der Waals surface area contributed by atoms with Crippen LogP contribution in [-0.4, -0.2) is 35.8 Å². The Kier molecular flexibility index (Phi) is 6.41. The van der Waals surface area contributed by atoms with E-state index in [2.05, 4.69) is 15.2 Å². The van der Waals surface area contributed by atoms with Gasteiger partial charge in [0.2, 0.25) is 5.88 Å². The lowest BCUT2D eigenvalue weighted by Gasteiger charge is -2.25. The second-order valence-corrected chi connectivity index (χ2v) is 9.80. The largest absolute Gasteiger partial charge is 0.493 e. The third-order valence-electron chi connectivity index (χ3n) is 4.84. The highest BCUT2D eigenvalue weighted by molar-refractivity contribution is 7.99. The SMILES string of the molecule is O=C(CN(c1ccc(Cl)cc1)S(=O)(=O)C1=CC=CCC1=S)N=Nc1c(O)[nH]c2ccccc12. The third kappa shape index (κ3) is 4.72. The number of fused-ring (bicyclic) bond motifs is 1. The van der Waals surface area contributed by atoms with Crippen molar-refractivity contribution >= 4 is 66.9 Å². The molecule has 0 saturated heterocycles. The standard InChI is InChI=1S/C22H17ClN4O4S2/c23-14-9-11-15(12-10-14)27(33(30,31)19-8-4-3-7-18(19)32)13-20(28)25-26-21-16-5-1-2-6-17(16)24-22(21)29/h1-6,8-12,24,29H,7,13H2. The van der Waals surface area contributed by atoms with Crippen molar-refractivity contribution in [3.05, 3.63) is 76.7 Å². The second kappa shape index (κ2) is 9.26. The lowest BCUT2D eigenvalue weighted by atomic mass is 10.2. The van der Waals surface area contributed by atoms with Gasteiger partial charge in [0.25, 0.3) is 15.9 Å². The number of aromatic amines is 1. The number of carbonyl (C=O) groups excluding carboxylic acids is 1. The highest BCUT2D eigenvalue weighted by atomic mass is 35.5. The molecule has 1 aromatic heterocycles. The quantitative estimate of drug-likeness (QED) is 0.357. The number of H-pyrrole nitrogens is 1. The van der Waals surface area contributed by atoms with E-state index in [0.717, 1.165) is 4.31 Å². The predicted molar refractivity (Wildman–Crippen MR) is 132 cm³/mol. The number of hydrogen-bond donors (Lipinski definition) is 2. The number of allylic oxidation sites excluding steroid dienone is 4. The summed E-state index contributed by atoms with van der Waals surface area (Å²) < 4.78 is 27.7. The van der Waals surface area contributed by atoms with Crippen molar-refractivity contribution in [2.24, 2.45) is 10.2 Å². The number of carbonyl (C=O) groups is 1. The number of para-hydroxylation sites is 1. The average Bonchev–Trinajstić information content (AvgIpc) is 3.11. The van der Waals surface area contributed by atoms with E-state index in [1.807, 2.05) is 0 Å². The maximum atomic E-state index is 13.4. The molecule has 0 spiro atoms. The molecule has 0 saturated carbocycles. The van der Waals surface area contributed by atoms with E-state index in [-0.39, 0.29) is 27.0 Å². The summed E-state index contributed by atoms with van der Waals surface area (Å²) in [6, 6.07) is 13.0. The van der Waals surface area contributed by atoms with Crippen LogP contribution >= 0.6 is 23.8 Å². The highest BCUT2D eigenvalue weighted by Gasteiger charge is 2.31. The van der Waals surface area contributed by atoms with Crippen LogP contribution in [-0.2, 0) is 14.8 Å². The summed E-state index contributed by atoms with van der Waals surface area (Å²) in [4.78, 5) is 15.6. The summed E-state index contributed by atoms with van der Waals surface area (Å²) >= 11 is 11.2. The van der Waals surface area contributed by atoms with Gasteiger partial charge in [0.15, 0.2) is 5.69 Å². The van der Waals surface area contributed by atoms with E-state index in [9.17, 15) is 18.3 Å². The monoisotopic (exact) mass is 500 g/mol. The minimum absolute atomic E-state index is 0.0611. The van der Waals surface area contributed by atoms with Gasteiger partial charge in [-0.3, -0.25) is 9.10 Å². The van der Waals surface area contributed by atoms with Crippen LogP contribution in [0.4, 0.5) is 11.4 Å². The predicted octanol–water partition coefficient (Wildman–Crippen LogP) is 5.19. The number of aromatic hydroxyl groups is 1. The van der Waals surface area contributed by atoms with Crippen molar-refractivity contribution in [3.63, 3.8) is 0 Å². The zero-order valence-electron chi connectivity index (χ0n) is 17.0. The number of azo groups is 1. The van der Waals surface area contributed by atoms with Gasteiger partial charge in [-0.1, -0.05) is 54.2 Å². The van der Waals surface area contributed by atoms with Crippen LogP contribution in [0, 0.1) is 0 Å². The van der Waals surface area contributed by atoms with Crippen LogP contribution in [0.5, 0.6) is 5.88 Å². The first-order chi connectivity index (χ1) is 15.8. The number of hydrogen-bond acceptors (Lipinski definition) is 6. The maximum absolute atomic E-state index is 13.4. The van der Waals surface area contributed by atoms with Gasteiger partial charge in [0.05, 0.1) is 11.2 Å². The number of nitrogens with one attached hydrogen (secondary N) is 1. The Morgan fingerprint density at radius 3 is 2.64 bits per heavy atom. The number of sulfonamides is 1. The number of benzene rings is 2. The maximum Gasteiger partial charge on any atom is 0.285 e. The van der Waals surface area contributed by atoms with Crippen LogP contribution < -0.4 is 4.31 Å². The summed E-state index contributed by atoms with van der Waals surface area (Å²) in [5.74, 6) is -1.09. The Morgan fingerprint density at radius 1 is 1.18 bits per heavy atom. The van der Waals surface area contributed by atoms with Gasteiger partial charge in [-0.2, -0.15) is 0 Å². The van der Waals surface area contributed by atoms with Crippen LogP contribution in [0.1, 0.15) is 6.42 Å². The van der Waals surface area contributed by atoms with Crippen molar-refractivity contribution in [2.75, 3.05) is 10.8 Å². The van der Waals surface area contributed by atoms with Gasteiger partial charge in [-0.15, -0.1) is 10.2 Å². The van der Waals surface area contributed by atoms with Gasteiger partial charge in [0.1, 0.15) is 11.4 Å². The van der Waals surface area contributed by atoms with Crippen molar-refractivity contribution in [2.45, 2.75) is 6.42 Å². The number of anilines is 1. The number of amides is 1. The number of aromatic nitrogens is 1. The summed E-state index contributed by atoms with van der Waals surface area (Å²) in [5, 5.41) is 18.6. The van der Waals surface area contributed by atoms with Gasteiger partial charge < -0.3 is 10.1 Å².